The molecule has 0 saturated carbocycles. The van der Waals surface area contributed by atoms with Crippen LogP contribution in [0.25, 0.3) is 0 Å². The molecule has 0 atom stereocenters. The fourth-order valence-corrected chi connectivity index (χ4v) is 0.230. The molecule has 0 N–H and O–H groups in total. The molecule has 0 amide bonds. The van der Waals surface area contributed by atoms with Gasteiger partial charge in [-0.1, -0.05) is 11.6 Å². The summed E-state index contributed by atoms with van der Waals surface area (Å²) in [7, 11) is 0. The Morgan fingerprint density at radius 3 is 2.29 bits per heavy atom. The van der Waals surface area contributed by atoms with Crippen molar-refractivity contribution in [1.82, 2.24) is 0 Å². The molecule has 40 valence electrons. The van der Waals surface area contributed by atoms with Gasteiger partial charge in [0.05, 0.1) is 4.48 Å². The zero-order valence-electron chi connectivity index (χ0n) is 3.74. The maximum Gasteiger partial charge on any atom is 0.167 e. The molecule has 0 aromatic heterocycles. The van der Waals surface area contributed by atoms with Crippen molar-refractivity contribution in [3.05, 3.63) is 10.0 Å². The van der Waals surface area contributed by atoms with Crippen LogP contribution in [0.15, 0.2) is 10.0 Å². The van der Waals surface area contributed by atoms with Gasteiger partial charge in [-0.05, 0) is 22.9 Å². The van der Waals surface area contributed by atoms with E-state index < -0.39 is 0 Å². The molecular weight excluding hydrogens is 179 g/mol. The lowest BCUT2D eigenvalue weighted by Crippen LogP contribution is -1.84. The molecule has 0 fully saturated rings. The van der Waals surface area contributed by atoms with E-state index in [1.54, 1.807) is 0 Å². The van der Waals surface area contributed by atoms with Gasteiger partial charge in [-0.2, -0.15) is 0 Å². The number of allylic oxidation sites excluding steroid dienone is 1. The summed E-state index contributed by atoms with van der Waals surface area (Å²) in [5.41, 5.74) is 1.20. The fourth-order valence-electron chi connectivity index (χ4n) is 0.0768. The van der Waals surface area contributed by atoms with Crippen molar-refractivity contribution < 1.29 is 4.79 Å². The van der Waals surface area contributed by atoms with E-state index in [0.717, 1.165) is 0 Å². The third-order valence-corrected chi connectivity index (χ3v) is 1.70. The van der Waals surface area contributed by atoms with Gasteiger partial charge in [-0.3, -0.25) is 4.79 Å². The summed E-state index contributed by atoms with van der Waals surface area (Å²) in [6, 6.07) is 0. The zero-order valence-corrected chi connectivity index (χ0v) is 6.08. The average Bonchev–Trinajstić information content (AvgIpc) is 1.65. The number of halogens is 2. The van der Waals surface area contributed by atoms with Crippen LogP contribution in [0.1, 0.15) is 6.92 Å². The summed E-state index contributed by atoms with van der Waals surface area (Å²) in [5.74, 6) is -0.0602. The number of ketones is 1. The number of hydrogen-bond donors (Lipinski definition) is 0. The Labute approximate surface area is 55.5 Å². The van der Waals surface area contributed by atoms with E-state index in [4.69, 9.17) is 11.6 Å². The lowest BCUT2D eigenvalue weighted by Gasteiger charge is -1.81. The van der Waals surface area contributed by atoms with Crippen LogP contribution in [0.4, 0.5) is 0 Å². The van der Waals surface area contributed by atoms with Gasteiger partial charge in [-0.25, -0.2) is 0 Å². The topological polar surface area (TPSA) is 17.1 Å². The average molecular weight is 183 g/mol. The first-order valence-corrected chi connectivity index (χ1v) is 2.88. The normalized spacial score (nSPS) is 11.6. The maximum atomic E-state index is 10.2. The van der Waals surface area contributed by atoms with Crippen LogP contribution < -0.4 is 0 Å². The van der Waals surface area contributed by atoms with E-state index in [-0.39, 0.29) is 5.78 Å². The Kier molecular flexibility index (Phi) is 3.30. The third-order valence-electron chi connectivity index (χ3n) is 0.432. The minimum atomic E-state index is -0.0602. The summed E-state index contributed by atoms with van der Waals surface area (Å²) < 4.78 is 0.411. The van der Waals surface area contributed by atoms with Gasteiger partial charge in [0.15, 0.2) is 5.78 Å². The predicted octanol–water partition coefficient (Wildman–Crippen LogP) is 2.05. The van der Waals surface area contributed by atoms with E-state index in [1.807, 2.05) is 0 Å². The monoisotopic (exact) mass is 182 g/mol. The van der Waals surface area contributed by atoms with Crippen LogP contribution in [0, 0.1) is 0 Å². The quantitative estimate of drug-likeness (QED) is 0.569. The summed E-state index contributed by atoms with van der Waals surface area (Å²) in [6.07, 6.45) is 0. The van der Waals surface area contributed by atoms with E-state index in [0.29, 0.717) is 4.48 Å². The Balaban J connectivity index is 3.82. The van der Waals surface area contributed by atoms with Crippen molar-refractivity contribution in [2.45, 2.75) is 6.92 Å². The summed E-state index contributed by atoms with van der Waals surface area (Å²) in [5, 5.41) is 0. The van der Waals surface area contributed by atoms with Crippen molar-refractivity contribution >= 4 is 33.3 Å². The molecule has 0 spiro atoms. The van der Waals surface area contributed by atoms with Gasteiger partial charge >= 0.3 is 0 Å². The van der Waals surface area contributed by atoms with E-state index in [1.165, 1.54) is 12.5 Å². The summed E-state index contributed by atoms with van der Waals surface area (Å²) in [6.45, 7) is 1.43. The van der Waals surface area contributed by atoms with Crippen LogP contribution in [-0.4, -0.2) is 5.78 Å². The molecule has 0 radical (unpaired) electrons. The van der Waals surface area contributed by atoms with Crippen molar-refractivity contribution in [3.8, 4) is 0 Å². The van der Waals surface area contributed by atoms with Gasteiger partial charge in [0.1, 0.15) is 0 Å². The molecule has 0 saturated heterocycles. The smallest absolute Gasteiger partial charge is 0.167 e. The van der Waals surface area contributed by atoms with Crippen molar-refractivity contribution in [2.24, 2.45) is 0 Å². The van der Waals surface area contributed by atoms with Crippen LogP contribution in [0.3, 0.4) is 0 Å². The number of carbonyl (C=O) groups is 1. The highest BCUT2D eigenvalue weighted by molar-refractivity contribution is 9.12. The predicted molar refractivity (Wildman–Crippen MR) is 33.5 cm³/mol. The fraction of sp³-hybridized carbons (Fsp3) is 0.250. The Bertz CT molecular complexity index is 108. The molecule has 0 heterocycles. The van der Waals surface area contributed by atoms with Gasteiger partial charge in [0.25, 0.3) is 0 Å². The standard InChI is InChI=1S/C4H4BrClO/c1-3(7)4(5)2-6/h2H,1H3/b4-2-. The first kappa shape index (κ1) is 7.18. The van der Waals surface area contributed by atoms with E-state index in [2.05, 4.69) is 15.9 Å². The number of hydrogen-bond acceptors (Lipinski definition) is 1. The van der Waals surface area contributed by atoms with Crippen LogP contribution in [0.2, 0.25) is 0 Å². The molecule has 0 aliphatic carbocycles. The summed E-state index contributed by atoms with van der Waals surface area (Å²) >= 11 is 8.04. The van der Waals surface area contributed by atoms with Gasteiger partial charge in [0, 0.05) is 5.54 Å². The van der Waals surface area contributed by atoms with E-state index >= 15 is 0 Å². The van der Waals surface area contributed by atoms with Crippen LogP contribution in [0.5, 0.6) is 0 Å². The molecule has 0 aliphatic rings. The Morgan fingerprint density at radius 2 is 2.29 bits per heavy atom. The Hall–Kier alpha value is 0.180. The molecule has 0 rings (SSSR count). The number of carbonyl (C=O) groups excluding carboxylic acids is 1. The minimum absolute atomic E-state index is 0.0602. The molecule has 0 aromatic carbocycles. The second-order valence-corrected chi connectivity index (χ2v) is 2.09. The lowest BCUT2D eigenvalue weighted by atomic mass is 10.5. The maximum absolute atomic E-state index is 10.2. The molecule has 1 nitrogen and oxygen atoms in total. The van der Waals surface area contributed by atoms with Crippen molar-refractivity contribution in [1.29, 1.82) is 0 Å². The van der Waals surface area contributed by atoms with Crippen molar-refractivity contribution in [2.75, 3.05) is 0 Å². The zero-order chi connectivity index (χ0) is 5.86. The SMILES string of the molecule is CC(=O)/C(Br)=C/Cl. The molecular formula is C4H4BrClO. The molecule has 0 aliphatic heterocycles. The number of Topliss-reactive ketones (excluding diaryl/α,β-unsaturated/α-hetero) is 1. The Morgan fingerprint density at radius 1 is 1.86 bits per heavy atom. The van der Waals surface area contributed by atoms with Gasteiger partial charge in [-0.15, -0.1) is 0 Å². The molecule has 0 bridgehead atoms. The largest absolute Gasteiger partial charge is 0.294 e. The molecule has 0 unspecified atom stereocenters. The van der Waals surface area contributed by atoms with Crippen LogP contribution >= 0.6 is 27.5 Å². The first-order valence-electron chi connectivity index (χ1n) is 1.65. The highest BCUT2D eigenvalue weighted by atomic mass is 79.9. The van der Waals surface area contributed by atoms with Gasteiger partial charge in [0.2, 0.25) is 0 Å². The number of rotatable bonds is 1. The minimum Gasteiger partial charge on any atom is -0.294 e. The second-order valence-electron chi connectivity index (χ2n) is 1.01. The van der Waals surface area contributed by atoms with Crippen molar-refractivity contribution in [3.63, 3.8) is 0 Å². The molecule has 0 aromatic rings. The van der Waals surface area contributed by atoms with E-state index in [9.17, 15) is 4.79 Å². The molecule has 3 heteroatoms. The lowest BCUT2D eigenvalue weighted by molar-refractivity contribution is -0.112. The first-order chi connectivity index (χ1) is 3.18. The highest BCUT2D eigenvalue weighted by Crippen LogP contribution is 2.05. The molecule has 7 heavy (non-hydrogen) atoms. The highest BCUT2D eigenvalue weighted by Gasteiger charge is 1.93. The van der Waals surface area contributed by atoms with Crippen LogP contribution in [-0.2, 0) is 4.79 Å². The second kappa shape index (κ2) is 3.22. The summed E-state index contributed by atoms with van der Waals surface area (Å²) in [4.78, 5) is 10.2. The third kappa shape index (κ3) is 2.83. The van der Waals surface area contributed by atoms with Gasteiger partial charge < -0.3 is 0 Å².